The van der Waals surface area contributed by atoms with Gasteiger partial charge in [-0.1, -0.05) is 31.1 Å². The SMILES string of the molecule is Cc1cc(C(=O)NCCC2CCC2)sc1C#CCCO. The van der Waals surface area contributed by atoms with Gasteiger partial charge < -0.3 is 10.4 Å². The number of rotatable bonds is 5. The Morgan fingerprint density at radius 1 is 1.55 bits per heavy atom. The van der Waals surface area contributed by atoms with Crippen LogP contribution in [0.25, 0.3) is 0 Å². The minimum atomic E-state index is 0.00707. The summed E-state index contributed by atoms with van der Waals surface area (Å²) in [7, 11) is 0. The molecule has 0 unspecified atom stereocenters. The summed E-state index contributed by atoms with van der Waals surface area (Å²) in [5.41, 5.74) is 1.03. The van der Waals surface area contributed by atoms with Crippen LogP contribution in [0.1, 0.15) is 52.2 Å². The predicted molar refractivity (Wildman–Crippen MR) is 81.9 cm³/mol. The number of nitrogens with one attached hydrogen (secondary N) is 1. The molecule has 3 nitrogen and oxygen atoms in total. The Morgan fingerprint density at radius 3 is 3.00 bits per heavy atom. The van der Waals surface area contributed by atoms with Crippen LogP contribution in [-0.2, 0) is 0 Å². The zero-order valence-electron chi connectivity index (χ0n) is 11.9. The van der Waals surface area contributed by atoms with Crippen LogP contribution < -0.4 is 5.32 Å². The molecule has 1 heterocycles. The molecule has 108 valence electrons. The van der Waals surface area contributed by atoms with Gasteiger partial charge in [-0.15, -0.1) is 11.3 Å². The molecule has 1 aliphatic carbocycles. The van der Waals surface area contributed by atoms with E-state index in [1.807, 2.05) is 13.0 Å². The Labute approximate surface area is 124 Å². The van der Waals surface area contributed by atoms with Crippen LogP contribution in [0.15, 0.2) is 6.07 Å². The van der Waals surface area contributed by atoms with E-state index in [9.17, 15) is 4.79 Å². The molecule has 0 saturated heterocycles. The van der Waals surface area contributed by atoms with E-state index in [1.54, 1.807) is 0 Å². The Morgan fingerprint density at radius 2 is 2.35 bits per heavy atom. The highest BCUT2D eigenvalue weighted by atomic mass is 32.1. The maximum absolute atomic E-state index is 12.0. The molecule has 4 heteroatoms. The second-order valence-corrected chi connectivity index (χ2v) is 6.29. The van der Waals surface area contributed by atoms with E-state index in [2.05, 4.69) is 17.2 Å². The Kier molecular flexibility index (Phi) is 5.63. The predicted octanol–water partition coefficient (Wildman–Crippen LogP) is 2.71. The van der Waals surface area contributed by atoms with Crippen molar-refractivity contribution in [2.75, 3.05) is 13.2 Å². The van der Waals surface area contributed by atoms with Crippen molar-refractivity contribution < 1.29 is 9.90 Å². The number of amides is 1. The molecule has 1 aliphatic rings. The zero-order chi connectivity index (χ0) is 14.4. The third-order valence-corrected chi connectivity index (χ3v) is 4.79. The van der Waals surface area contributed by atoms with Gasteiger partial charge in [0.2, 0.25) is 0 Å². The third-order valence-electron chi connectivity index (χ3n) is 3.64. The number of carbonyl (C=O) groups excluding carboxylic acids is 1. The molecule has 0 spiro atoms. The largest absolute Gasteiger partial charge is 0.395 e. The summed E-state index contributed by atoms with van der Waals surface area (Å²) in [6.07, 6.45) is 5.55. The van der Waals surface area contributed by atoms with Crippen molar-refractivity contribution in [2.24, 2.45) is 5.92 Å². The average Bonchev–Trinajstić information content (AvgIpc) is 2.74. The number of carbonyl (C=O) groups is 1. The summed E-state index contributed by atoms with van der Waals surface area (Å²) >= 11 is 1.43. The molecular formula is C16H21NO2S. The van der Waals surface area contributed by atoms with Gasteiger partial charge in [0.25, 0.3) is 5.91 Å². The van der Waals surface area contributed by atoms with Gasteiger partial charge in [-0.2, -0.15) is 0 Å². The molecule has 1 aromatic heterocycles. The summed E-state index contributed by atoms with van der Waals surface area (Å²) in [6, 6.07) is 1.90. The van der Waals surface area contributed by atoms with Gasteiger partial charge in [0.1, 0.15) is 0 Å². The summed E-state index contributed by atoms with van der Waals surface area (Å²) in [5.74, 6) is 6.73. The van der Waals surface area contributed by atoms with Crippen molar-refractivity contribution >= 4 is 17.2 Å². The summed E-state index contributed by atoms with van der Waals surface area (Å²) in [6.45, 7) is 2.81. The van der Waals surface area contributed by atoms with Crippen LogP contribution >= 0.6 is 11.3 Å². The Balaban J connectivity index is 1.86. The first kappa shape index (κ1) is 15.1. The van der Waals surface area contributed by atoms with Crippen LogP contribution in [0.2, 0.25) is 0 Å². The second-order valence-electron chi connectivity index (χ2n) is 5.24. The lowest BCUT2D eigenvalue weighted by Gasteiger charge is -2.25. The van der Waals surface area contributed by atoms with E-state index in [4.69, 9.17) is 5.11 Å². The Bertz CT molecular complexity index is 520. The molecule has 0 aromatic carbocycles. The quantitative estimate of drug-likeness (QED) is 0.820. The molecule has 1 fully saturated rings. The molecule has 1 saturated carbocycles. The topological polar surface area (TPSA) is 49.3 Å². The third kappa shape index (κ3) is 4.09. The van der Waals surface area contributed by atoms with E-state index in [1.165, 1.54) is 30.6 Å². The second kappa shape index (κ2) is 7.47. The van der Waals surface area contributed by atoms with Crippen molar-refractivity contribution in [3.05, 3.63) is 21.4 Å². The number of aryl methyl sites for hydroxylation is 1. The maximum atomic E-state index is 12.0. The zero-order valence-corrected chi connectivity index (χ0v) is 12.7. The van der Waals surface area contributed by atoms with Gasteiger partial charge in [0.05, 0.1) is 16.4 Å². The van der Waals surface area contributed by atoms with Gasteiger partial charge in [-0.3, -0.25) is 4.79 Å². The molecule has 2 rings (SSSR count). The van der Waals surface area contributed by atoms with Crippen molar-refractivity contribution in [1.29, 1.82) is 0 Å². The molecular weight excluding hydrogens is 270 g/mol. The van der Waals surface area contributed by atoms with Gasteiger partial charge in [-0.05, 0) is 30.9 Å². The molecule has 1 amide bonds. The number of aliphatic hydroxyl groups is 1. The monoisotopic (exact) mass is 291 g/mol. The summed E-state index contributed by atoms with van der Waals surface area (Å²) in [4.78, 5) is 13.7. The van der Waals surface area contributed by atoms with Crippen LogP contribution in [0.3, 0.4) is 0 Å². The van der Waals surface area contributed by atoms with E-state index >= 15 is 0 Å². The minimum Gasteiger partial charge on any atom is -0.395 e. The lowest BCUT2D eigenvalue weighted by atomic mass is 9.83. The fourth-order valence-corrected chi connectivity index (χ4v) is 3.14. The maximum Gasteiger partial charge on any atom is 0.261 e. The summed E-state index contributed by atoms with van der Waals surface area (Å²) in [5, 5.41) is 11.7. The number of hydrogen-bond acceptors (Lipinski definition) is 3. The van der Waals surface area contributed by atoms with Crippen molar-refractivity contribution in [3.8, 4) is 11.8 Å². The first-order chi connectivity index (χ1) is 9.70. The highest BCUT2D eigenvalue weighted by molar-refractivity contribution is 7.14. The van der Waals surface area contributed by atoms with Crippen LogP contribution in [0.4, 0.5) is 0 Å². The van der Waals surface area contributed by atoms with Crippen LogP contribution in [0.5, 0.6) is 0 Å². The van der Waals surface area contributed by atoms with Crippen molar-refractivity contribution in [2.45, 2.75) is 39.0 Å². The van der Waals surface area contributed by atoms with Crippen molar-refractivity contribution in [3.63, 3.8) is 0 Å². The van der Waals surface area contributed by atoms with Gasteiger partial charge in [0.15, 0.2) is 0 Å². The van der Waals surface area contributed by atoms with Gasteiger partial charge in [-0.25, -0.2) is 0 Å². The fourth-order valence-electron chi connectivity index (χ4n) is 2.18. The normalized spacial score (nSPS) is 14.3. The Hall–Kier alpha value is -1.31. The number of thiophene rings is 1. The molecule has 2 N–H and O–H groups in total. The van der Waals surface area contributed by atoms with E-state index in [0.717, 1.165) is 34.2 Å². The first-order valence-electron chi connectivity index (χ1n) is 7.19. The fraction of sp³-hybridized carbons (Fsp3) is 0.562. The van der Waals surface area contributed by atoms with E-state index < -0.39 is 0 Å². The van der Waals surface area contributed by atoms with Gasteiger partial charge >= 0.3 is 0 Å². The molecule has 0 aliphatic heterocycles. The van der Waals surface area contributed by atoms with E-state index in [-0.39, 0.29) is 12.5 Å². The molecule has 0 atom stereocenters. The molecule has 20 heavy (non-hydrogen) atoms. The molecule has 0 radical (unpaired) electrons. The number of hydrogen-bond donors (Lipinski definition) is 2. The van der Waals surface area contributed by atoms with Crippen LogP contribution in [0, 0.1) is 24.7 Å². The minimum absolute atomic E-state index is 0.00707. The smallest absolute Gasteiger partial charge is 0.261 e. The number of aliphatic hydroxyl groups excluding tert-OH is 1. The van der Waals surface area contributed by atoms with E-state index in [0.29, 0.717) is 6.42 Å². The highest BCUT2D eigenvalue weighted by Crippen LogP contribution is 2.28. The van der Waals surface area contributed by atoms with Crippen molar-refractivity contribution in [1.82, 2.24) is 5.32 Å². The lowest BCUT2D eigenvalue weighted by Crippen LogP contribution is -2.26. The molecule has 0 bridgehead atoms. The summed E-state index contributed by atoms with van der Waals surface area (Å²) < 4.78 is 0. The highest BCUT2D eigenvalue weighted by Gasteiger charge is 2.17. The van der Waals surface area contributed by atoms with Crippen LogP contribution in [-0.4, -0.2) is 24.2 Å². The van der Waals surface area contributed by atoms with Gasteiger partial charge in [0, 0.05) is 13.0 Å². The first-order valence-corrected chi connectivity index (χ1v) is 8.00. The molecule has 1 aromatic rings. The average molecular weight is 291 g/mol. The lowest BCUT2D eigenvalue weighted by molar-refractivity contribution is 0.0953. The standard InChI is InChI=1S/C16H21NO2S/c1-12-11-15(20-14(12)7-2-3-10-18)16(19)17-9-8-13-5-4-6-13/h11,13,18H,3-6,8-10H2,1H3,(H,17,19).